The molecule has 0 spiro atoms. The number of benzene rings is 7. The standard InChI is InChI=1S/C21H26N2O2.C20H24N2O3.C15H20O3.C15H18O3.C11H10Cl2O2.C11H12O2.C9H10O.C8H17O5P.C2H4O2.Na.Zn.H2.H/c24-21(25)15-17-13-19(14-17)18-9-7-16(8-10-18)5-1-3-11-22-20-6-2-4-12-23-20;23-20(24)14-15-12-17(13-15)16-5-7-18(8-6-16)25-11-3-10-22-19-4-1-2-9-21-19;2*1-3-18-15(16)10-11-8-13(9-11)12-4-6-14(17-2)7-5-12;1-15-8-4-2-7(3-5-8)9-6-10(14)11(9,12)13;1-13-11-4-2-8(3-5-11)9-6-10(12)7-9;1-3-8-4-6-9(10-2)7-5-8;1-4-11-8(9)7-14(10,12-5-2)13-6-3;1-2(3)4;;;;/h2,4,6-10,12,17,19H,1,3,5,11,13-15H2,(H,22,23)(H,24,25);1-2,4-9,15,17H,3,10-14H2,(H,21,22)(H,23,24);4-7,11,13H,3,8-10H2,1-2H3;4-7,10,13H,3,8-9H2,1-2H3;2-5,9H,6H2,1H3;2-5,9H,6-7H2,1H3;3-7H,1H2,2H3;4-7H2,1-3H3;1H3,(H,3,4);;;1H;/q;;;;;;;;;+1;;;-1. The van der Waals surface area contributed by atoms with Gasteiger partial charge in [0.15, 0.2) is 10.1 Å². The maximum Gasteiger partial charge on any atom is 1.00 e. The molecule has 9 aromatic rings. The average Bonchev–Trinajstić information content (AvgIpc) is 0.755. The monoisotopic (exact) mass is 2100 g/mol. The van der Waals surface area contributed by atoms with Gasteiger partial charge in [-0.25, -0.2) is 14.8 Å². The van der Waals surface area contributed by atoms with Gasteiger partial charge in [0.05, 0.1) is 75.2 Å². The van der Waals surface area contributed by atoms with Crippen molar-refractivity contribution in [2.24, 2.45) is 17.8 Å². The fraction of sp³-hybridized carbons (Fsp3) is 0.429. The molecule has 144 heavy (non-hydrogen) atoms. The first-order chi connectivity index (χ1) is 68.4. The summed E-state index contributed by atoms with van der Waals surface area (Å²) in [6.07, 6.45) is 22.1. The van der Waals surface area contributed by atoms with Crippen molar-refractivity contribution in [1.29, 1.82) is 0 Å². The van der Waals surface area contributed by atoms with Crippen molar-refractivity contribution < 1.29 is 162 Å². The minimum atomic E-state index is -3.28. The first-order valence-corrected chi connectivity index (χ1v) is 50.9. The van der Waals surface area contributed by atoms with Crippen molar-refractivity contribution in [3.63, 3.8) is 0 Å². The van der Waals surface area contributed by atoms with E-state index in [0.29, 0.717) is 111 Å². The first kappa shape index (κ1) is 124. The van der Waals surface area contributed by atoms with Crippen LogP contribution >= 0.6 is 30.8 Å². The van der Waals surface area contributed by atoms with Gasteiger partial charge >= 0.3 is 67.0 Å². The zero-order valence-electron chi connectivity index (χ0n) is 86.2. The van der Waals surface area contributed by atoms with Crippen LogP contribution in [0.5, 0.6) is 34.5 Å². The first-order valence-electron chi connectivity index (χ1n) is 48.4. The van der Waals surface area contributed by atoms with Gasteiger partial charge in [-0.1, -0.05) is 151 Å². The zero-order valence-corrected chi connectivity index (χ0v) is 92.6. The van der Waals surface area contributed by atoms with Gasteiger partial charge in [-0.2, -0.15) is 0 Å². The number of carboxylic acids is 3. The number of ether oxygens (including phenoxy) is 9. The Morgan fingerprint density at radius 3 is 1.18 bits per heavy atom. The summed E-state index contributed by atoms with van der Waals surface area (Å²) in [5.74, 6) is 7.97. The minimum absolute atomic E-state index is 0. The summed E-state index contributed by atoms with van der Waals surface area (Å²) in [7, 11) is 4.98. The van der Waals surface area contributed by atoms with Crippen molar-refractivity contribution in [2.45, 2.75) is 197 Å². The molecule has 2 heterocycles. The summed E-state index contributed by atoms with van der Waals surface area (Å²) in [5.41, 5.74) is 11.2. The normalized spacial score (nSPS) is 17.5. The summed E-state index contributed by atoms with van der Waals surface area (Å²) in [6, 6.07) is 68.3. The smallest absolute Gasteiger partial charge is 1.00 e. The van der Waals surface area contributed by atoms with Crippen LogP contribution in [-0.2, 0) is 92.1 Å². The van der Waals surface area contributed by atoms with Crippen LogP contribution in [0.4, 0.5) is 11.6 Å². The number of aliphatic carboxylic acids is 3. The van der Waals surface area contributed by atoms with Gasteiger partial charge in [-0.15, -0.1) is 0 Å². The number of hydrogen-bond donors (Lipinski definition) is 5. The van der Waals surface area contributed by atoms with E-state index in [1.807, 2.05) is 159 Å². The van der Waals surface area contributed by atoms with Gasteiger partial charge in [-0.3, -0.25) is 38.1 Å². The van der Waals surface area contributed by atoms with E-state index in [2.05, 4.69) is 92.6 Å². The van der Waals surface area contributed by atoms with Gasteiger partial charge in [0, 0.05) is 104 Å². The second kappa shape index (κ2) is 67.8. The number of hydrogen-bond acceptors (Lipinski definition) is 24. The molecule has 0 bridgehead atoms. The number of aryl methyl sites for hydroxylation is 1. The second-order valence-electron chi connectivity index (χ2n) is 34.7. The van der Waals surface area contributed by atoms with Crippen molar-refractivity contribution in [3.05, 3.63) is 281 Å². The summed E-state index contributed by atoms with van der Waals surface area (Å²) in [6.45, 7) is 17.6. The Bertz CT molecular complexity index is 5220. The Hall–Kier alpha value is -10.8. The quantitative estimate of drug-likeness (QED) is 0.00453. The molecular weight excluding hydrogens is 1960 g/mol. The van der Waals surface area contributed by atoms with Crippen molar-refractivity contribution >= 4 is 95.9 Å². The van der Waals surface area contributed by atoms with E-state index in [-0.39, 0.29) is 102 Å². The van der Waals surface area contributed by atoms with Crippen molar-refractivity contribution in [1.82, 2.24) is 9.97 Å². The molecule has 6 aliphatic rings. The number of carbonyl (C=O) groups excluding carboxylic acids is 5. The fourth-order valence-electron chi connectivity index (χ4n) is 16.3. The number of pyridine rings is 2. The topological polar surface area (TPSA) is 366 Å². The Kier molecular flexibility index (Phi) is 58.3. The van der Waals surface area contributed by atoms with E-state index in [4.69, 9.17) is 90.3 Å². The summed E-state index contributed by atoms with van der Waals surface area (Å²) in [4.78, 5) is 94.5. The van der Waals surface area contributed by atoms with Gasteiger partial charge in [0.1, 0.15) is 58.1 Å². The molecule has 32 heteroatoms. The van der Waals surface area contributed by atoms with Crippen LogP contribution in [0.2, 0.25) is 0 Å². The number of carboxylic acid groups (broad SMARTS) is 3. The third-order valence-corrected chi connectivity index (χ3v) is 27.2. The van der Waals surface area contributed by atoms with Crippen molar-refractivity contribution in [2.75, 3.05) is 105 Å². The molecule has 0 amide bonds. The molecule has 1 atom stereocenters. The largest absolute Gasteiger partial charge is 1.00 e. The summed E-state index contributed by atoms with van der Waals surface area (Å²) >= 11 is 11.8. The van der Waals surface area contributed by atoms with Gasteiger partial charge in [-0.05, 0) is 301 Å². The van der Waals surface area contributed by atoms with Crippen LogP contribution in [-0.4, -0.2) is 171 Å². The van der Waals surface area contributed by atoms with E-state index in [0.717, 1.165) is 154 Å². The molecule has 0 saturated heterocycles. The molecule has 6 fully saturated rings. The molecule has 0 radical (unpaired) electrons. The molecule has 15 rings (SSSR count). The van der Waals surface area contributed by atoms with E-state index in [1.54, 1.807) is 80.9 Å². The number of unbranched alkanes of at least 4 members (excludes halogenated alkanes) is 1. The predicted octanol–water partition coefficient (Wildman–Crippen LogP) is 21.3. The molecule has 7 aromatic carbocycles. The summed E-state index contributed by atoms with van der Waals surface area (Å²) < 4.78 is 66.0. The third kappa shape index (κ3) is 45.5. The Morgan fingerprint density at radius 2 is 0.826 bits per heavy atom. The molecule has 0 aliphatic heterocycles. The van der Waals surface area contributed by atoms with Gasteiger partial charge < -0.3 is 79.1 Å². The van der Waals surface area contributed by atoms with E-state index < -0.39 is 35.8 Å². The zero-order chi connectivity index (χ0) is 103. The SMILES string of the molecule is C=Cc1ccc(OC)cc1.CC(=O)O.CCOC(=O)C=C1CC(c2ccc(OC)cc2)C1.CCOC(=O)CC1CC(c2ccc(OC)cc2)C1.CCOC(=O)CP(=O)(OCC)OCC.COc1ccc(C2CC(=O)C2(Cl)Cl)cc1.COc1ccc(C2CC(=O)C2)cc1.O=C(O)CC1CC(c2ccc(CCCCNc3ccccn3)cc2)C1.O=C(O)CC1CC(c2ccc(OCCCNc3ccccn3)cc2)C1.[H-].[HH].[Na+].[Zn]. The number of ketones is 2. The van der Waals surface area contributed by atoms with Gasteiger partial charge in [0.2, 0.25) is 0 Å². The molecule has 2 aromatic heterocycles. The van der Waals surface area contributed by atoms with E-state index >= 15 is 0 Å². The number of carbonyl (C=O) groups is 8. The molecule has 772 valence electrons. The second-order valence-corrected chi connectivity index (χ2v) is 38.1. The third-order valence-electron chi connectivity index (χ3n) is 24.3. The molecule has 27 nitrogen and oxygen atoms in total. The van der Waals surface area contributed by atoms with Crippen LogP contribution < -0.4 is 68.6 Å². The number of esters is 3. The van der Waals surface area contributed by atoms with Crippen LogP contribution in [0.3, 0.4) is 0 Å². The fourth-order valence-corrected chi connectivity index (χ4v) is 18.3. The number of anilines is 2. The molecular formula is C112H144Cl2N4NaO23PZn. The number of nitrogens with one attached hydrogen (secondary N) is 2. The summed E-state index contributed by atoms with van der Waals surface area (Å²) in [5, 5.41) is 31.6. The van der Waals surface area contributed by atoms with Crippen molar-refractivity contribution in [3.8, 4) is 34.5 Å². The average molecular weight is 2100 g/mol. The molecule has 6 saturated carbocycles. The maximum atomic E-state index is 11.8. The minimum Gasteiger partial charge on any atom is -1.00 e. The Morgan fingerprint density at radius 1 is 0.465 bits per heavy atom. The van der Waals surface area contributed by atoms with Crippen LogP contribution in [0.25, 0.3) is 6.08 Å². The number of alkyl halides is 2. The van der Waals surface area contributed by atoms with Crippen LogP contribution in [0.15, 0.2) is 237 Å². The molecule has 1 unspecified atom stereocenters. The number of methoxy groups -OCH3 is 5. The number of nitrogens with zero attached hydrogens (tertiary/aromatic N) is 2. The molecule has 6 aliphatic carbocycles. The van der Waals surface area contributed by atoms with Crippen LogP contribution in [0.1, 0.15) is 234 Å². The van der Waals surface area contributed by atoms with Crippen LogP contribution in [0, 0.1) is 17.8 Å². The number of allylic oxidation sites excluding steroid dienone is 1. The number of halogens is 2. The van der Waals surface area contributed by atoms with E-state index in [9.17, 15) is 38.1 Å². The number of aromatic nitrogens is 2. The number of Topliss-reactive ketones (excluding diaryl/α,β-unsaturated/α-hetero) is 2. The molecule has 5 N–H and O–H groups in total. The number of rotatable bonds is 40. The predicted molar refractivity (Wildman–Crippen MR) is 558 cm³/mol. The van der Waals surface area contributed by atoms with E-state index in [1.165, 1.54) is 39.0 Å². The van der Waals surface area contributed by atoms with Gasteiger partial charge in [0.25, 0.3) is 5.97 Å². The maximum absolute atomic E-state index is 11.8. The Labute approximate surface area is 896 Å². The Balaban J connectivity index is 0.000000431.